The second kappa shape index (κ2) is 8.88. The number of rotatable bonds is 7. The summed E-state index contributed by atoms with van der Waals surface area (Å²) in [5.74, 6) is 1.96. The predicted molar refractivity (Wildman–Crippen MR) is 93.3 cm³/mol. The Bertz CT molecular complexity index is 707. The number of nitrogens with one attached hydrogen (secondary N) is 2. The zero-order chi connectivity index (χ0) is 17.4. The fourth-order valence-corrected chi connectivity index (χ4v) is 2.19. The summed E-state index contributed by atoms with van der Waals surface area (Å²) in [6, 6.07) is 9.99. The summed E-state index contributed by atoms with van der Waals surface area (Å²) >= 11 is 0. The van der Waals surface area contributed by atoms with Crippen molar-refractivity contribution in [3.05, 3.63) is 42.6 Å². The van der Waals surface area contributed by atoms with Gasteiger partial charge in [-0.25, -0.2) is 9.78 Å². The molecule has 0 aliphatic carbocycles. The van der Waals surface area contributed by atoms with Crippen molar-refractivity contribution in [2.24, 2.45) is 0 Å². The minimum atomic E-state index is -0.952. The maximum absolute atomic E-state index is 11.9. The number of hydrogen-bond acceptors (Lipinski definition) is 5. The third-order valence-corrected chi connectivity index (χ3v) is 3.75. The molecule has 0 saturated heterocycles. The average molecular weight is 349 g/mol. The number of pyridine rings is 1. The largest absolute Gasteiger partial charge is 0.497 e. The maximum Gasteiger partial charge on any atom is 0.319 e. The third kappa shape index (κ3) is 5.54. The van der Waals surface area contributed by atoms with Gasteiger partial charge in [0.15, 0.2) is 0 Å². The first-order chi connectivity index (χ1) is 11.6. The molecule has 2 aromatic rings. The van der Waals surface area contributed by atoms with Gasteiger partial charge in [0.25, 0.3) is 0 Å². The highest BCUT2D eigenvalue weighted by atomic mass is 32.2. The molecule has 0 spiro atoms. The Hall–Kier alpha value is -2.61. The molecule has 2 rings (SSSR count). The van der Waals surface area contributed by atoms with Crippen LogP contribution in [0.4, 0.5) is 10.5 Å². The van der Waals surface area contributed by atoms with Gasteiger partial charge in [0.1, 0.15) is 17.2 Å². The Balaban J connectivity index is 2.01. The third-order valence-electron chi connectivity index (χ3n) is 2.97. The quantitative estimate of drug-likeness (QED) is 0.801. The number of amides is 2. The van der Waals surface area contributed by atoms with Gasteiger partial charge in [-0.3, -0.25) is 4.21 Å². The Morgan fingerprint density at radius 2 is 1.92 bits per heavy atom. The number of carbonyl (C=O) groups is 1. The van der Waals surface area contributed by atoms with Crippen molar-refractivity contribution in [1.29, 1.82) is 0 Å². The van der Waals surface area contributed by atoms with Gasteiger partial charge in [0.2, 0.25) is 5.88 Å². The fraction of sp³-hybridized carbons (Fsp3) is 0.250. The monoisotopic (exact) mass is 349 g/mol. The van der Waals surface area contributed by atoms with E-state index >= 15 is 0 Å². The average Bonchev–Trinajstić information content (AvgIpc) is 2.57. The first-order valence-corrected chi connectivity index (χ1v) is 8.93. The summed E-state index contributed by atoms with van der Waals surface area (Å²) in [6.45, 7) is 0.323. The Morgan fingerprint density at radius 1 is 1.21 bits per heavy atom. The van der Waals surface area contributed by atoms with Crippen molar-refractivity contribution in [3.63, 3.8) is 0 Å². The fourth-order valence-electron chi connectivity index (χ4n) is 1.80. The van der Waals surface area contributed by atoms with E-state index in [9.17, 15) is 9.00 Å². The highest BCUT2D eigenvalue weighted by molar-refractivity contribution is 7.84. The van der Waals surface area contributed by atoms with Gasteiger partial charge in [0, 0.05) is 35.5 Å². The Labute approximate surface area is 142 Å². The molecule has 0 fully saturated rings. The number of urea groups is 1. The molecule has 1 unspecified atom stereocenters. The van der Waals surface area contributed by atoms with Crippen molar-refractivity contribution in [1.82, 2.24) is 10.3 Å². The number of ether oxygens (including phenoxy) is 2. The van der Waals surface area contributed by atoms with Crippen molar-refractivity contribution in [2.45, 2.75) is 0 Å². The van der Waals surface area contributed by atoms with E-state index in [2.05, 4.69) is 15.6 Å². The van der Waals surface area contributed by atoms with Gasteiger partial charge in [0.05, 0.1) is 7.11 Å². The lowest BCUT2D eigenvalue weighted by Crippen LogP contribution is -2.31. The van der Waals surface area contributed by atoms with Gasteiger partial charge >= 0.3 is 6.03 Å². The van der Waals surface area contributed by atoms with Gasteiger partial charge in [-0.15, -0.1) is 0 Å². The van der Waals surface area contributed by atoms with Crippen LogP contribution >= 0.6 is 0 Å². The molecule has 0 radical (unpaired) electrons. The standard InChI is InChI=1S/C16H19N3O4S/c1-22-12-5-7-13(8-6-12)23-15-14(4-3-9-17-15)19-16(20)18-10-11-24(2)21/h3-9H,10-11H2,1-2H3,(H2,18,19,20). The van der Waals surface area contributed by atoms with Gasteiger partial charge in [-0.1, -0.05) is 0 Å². The second-order valence-corrected chi connectivity index (χ2v) is 6.35. The molecule has 0 saturated carbocycles. The summed E-state index contributed by atoms with van der Waals surface area (Å²) in [7, 11) is 0.635. The molecular formula is C16H19N3O4S. The highest BCUT2D eigenvalue weighted by Gasteiger charge is 2.09. The molecule has 24 heavy (non-hydrogen) atoms. The Morgan fingerprint density at radius 3 is 2.58 bits per heavy atom. The molecular weight excluding hydrogens is 330 g/mol. The van der Waals surface area contributed by atoms with E-state index in [4.69, 9.17) is 9.47 Å². The van der Waals surface area contributed by atoms with E-state index in [-0.39, 0.29) is 5.88 Å². The van der Waals surface area contributed by atoms with Crippen LogP contribution in [0, 0.1) is 0 Å². The molecule has 0 bridgehead atoms. The summed E-state index contributed by atoms with van der Waals surface area (Å²) in [5, 5.41) is 5.29. The molecule has 8 heteroatoms. The van der Waals surface area contributed by atoms with Crippen LogP contribution in [0.15, 0.2) is 42.6 Å². The lowest BCUT2D eigenvalue weighted by Gasteiger charge is -2.12. The predicted octanol–water partition coefficient (Wildman–Crippen LogP) is 2.38. The summed E-state index contributed by atoms with van der Waals surface area (Å²) < 4.78 is 21.8. The molecule has 2 N–H and O–H groups in total. The van der Waals surface area contributed by atoms with E-state index in [1.807, 2.05) is 0 Å². The van der Waals surface area contributed by atoms with E-state index < -0.39 is 16.8 Å². The van der Waals surface area contributed by atoms with Gasteiger partial charge < -0.3 is 20.1 Å². The first kappa shape index (κ1) is 17.7. The van der Waals surface area contributed by atoms with E-state index in [0.717, 1.165) is 5.75 Å². The number of anilines is 1. The molecule has 0 aliphatic heterocycles. The Kier molecular flexibility index (Phi) is 6.56. The lowest BCUT2D eigenvalue weighted by molar-refractivity contribution is 0.252. The zero-order valence-corrected chi connectivity index (χ0v) is 14.3. The number of benzene rings is 1. The molecule has 0 aliphatic rings. The van der Waals surface area contributed by atoms with Crippen LogP contribution in [0.3, 0.4) is 0 Å². The van der Waals surface area contributed by atoms with Gasteiger partial charge in [-0.05, 0) is 36.4 Å². The van der Waals surface area contributed by atoms with Crippen LogP contribution in [0.25, 0.3) is 0 Å². The second-order valence-electron chi connectivity index (χ2n) is 4.79. The lowest BCUT2D eigenvalue weighted by atomic mass is 10.3. The molecule has 128 valence electrons. The van der Waals surface area contributed by atoms with Crippen LogP contribution in [-0.4, -0.2) is 40.9 Å². The van der Waals surface area contributed by atoms with Crippen LogP contribution in [0.2, 0.25) is 0 Å². The topological polar surface area (TPSA) is 89.6 Å². The maximum atomic E-state index is 11.9. The minimum Gasteiger partial charge on any atom is -0.497 e. The summed E-state index contributed by atoms with van der Waals surface area (Å²) in [6.07, 6.45) is 3.16. The van der Waals surface area contributed by atoms with Crippen molar-refractivity contribution < 1.29 is 18.5 Å². The van der Waals surface area contributed by atoms with Crippen LogP contribution in [0.5, 0.6) is 17.4 Å². The van der Waals surface area contributed by atoms with E-state index in [1.54, 1.807) is 56.0 Å². The van der Waals surface area contributed by atoms with Crippen LogP contribution < -0.4 is 20.1 Å². The SMILES string of the molecule is COc1ccc(Oc2ncccc2NC(=O)NCCS(C)=O)cc1. The van der Waals surface area contributed by atoms with Crippen molar-refractivity contribution in [2.75, 3.05) is 31.0 Å². The molecule has 1 aromatic heterocycles. The zero-order valence-electron chi connectivity index (χ0n) is 13.4. The number of hydrogen-bond donors (Lipinski definition) is 2. The molecule has 2 amide bonds. The normalized spacial score (nSPS) is 11.4. The molecule has 1 heterocycles. The van der Waals surface area contributed by atoms with Crippen molar-refractivity contribution in [3.8, 4) is 17.4 Å². The number of carbonyl (C=O) groups excluding carboxylic acids is 1. The number of nitrogens with zero attached hydrogens (tertiary/aromatic N) is 1. The molecule has 7 nitrogen and oxygen atoms in total. The minimum absolute atomic E-state index is 0.275. The number of aromatic nitrogens is 1. The van der Waals surface area contributed by atoms with E-state index in [0.29, 0.717) is 23.7 Å². The summed E-state index contributed by atoms with van der Waals surface area (Å²) in [5.41, 5.74) is 0.434. The van der Waals surface area contributed by atoms with E-state index in [1.165, 1.54) is 0 Å². The smallest absolute Gasteiger partial charge is 0.319 e. The molecule has 1 atom stereocenters. The first-order valence-electron chi connectivity index (χ1n) is 7.20. The van der Waals surface area contributed by atoms with Crippen LogP contribution in [-0.2, 0) is 10.8 Å². The summed E-state index contributed by atoms with van der Waals surface area (Å²) in [4.78, 5) is 16.0. The van der Waals surface area contributed by atoms with Gasteiger partial charge in [-0.2, -0.15) is 0 Å². The van der Waals surface area contributed by atoms with Crippen molar-refractivity contribution >= 4 is 22.5 Å². The highest BCUT2D eigenvalue weighted by Crippen LogP contribution is 2.27. The van der Waals surface area contributed by atoms with Crippen LogP contribution in [0.1, 0.15) is 0 Å². The number of methoxy groups -OCH3 is 1. The molecule has 1 aromatic carbocycles.